The summed E-state index contributed by atoms with van der Waals surface area (Å²) in [6.45, 7) is 2.08. The molecule has 1 aliphatic heterocycles. The lowest BCUT2D eigenvalue weighted by molar-refractivity contribution is -0.385. The number of nitro groups is 1. The van der Waals surface area contributed by atoms with E-state index in [2.05, 4.69) is 10.3 Å². The molecule has 2 rings (SSSR count). The van der Waals surface area contributed by atoms with Crippen molar-refractivity contribution in [2.75, 3.05) is 26.6 Å². The molecular formula is C16H19N3O5S. The number of carbonyl (C=O) groups is 1. The number of amidine groups is 1. The van der Waals surface area contributed by atoms with Crippen LogP contribution in [0.2, 0.25) is 0 Å². The average molecular weight is 365 g/mol. The van der Waals surface area contributed by atoms with Crippen LogP contribution in [0.25, 0.3) is 0 Å². The Morgan fingerprint density at radius 2 is 2.12 bits per heavy atom. The number of nitrogens with zero attached hydrogens (tertiary/aromatic N) is 2. The first kappa shape index (κ1) is 18.9. The second-order valence-electron chi connectivity index (χ2n) is 5.15. The SMILES string of the molecule is COCCOC(=O)C1=C(C)NC(SC)=NC1c1ccccc1[N+](=O)[O-]. The van der Waals surface area contributed by atoms with Crippen molar-refractivity contribution in [3.05, 3.63) is 51.2 Å². The van der Waals surface area contributed by atoms with Crippen LogP contribution in [0.15, 0.2) is 40.5 Å². The van der Waals surface area contributed by atoms with E-state index in [1.54, 1.807) is 25.1 Å². The number of benzene rings is 1. The van der Waals surface area contributed by atoms with Gasteiger partial charge in [-0.2, -0.15) is 0 Å². The number of methoxy groups -OCH3 is 1. The highest BCUT2D eigenvalue weighted by molar-refractivity contribution is 8.13. The van der Waals surface area contributed by atoms with Crippen LogP contribution in [0, 0.1) is 10.1 Å². The summed E-state index contributed by atoms with van der Waals surface area (Å²) in [5.74, 6) is -0.575. The van der Waals surface area contributed by atoms with Crippen LogP contribution < -0.4 is 5.32 Å². The summed E-state index contributed by atoms with van der Waals surface area (Å²) in [5, 5.41) is 15.0. The maximum Gasteiger partial charge on any atom is 0.338 e. The van der Waals surface area contributed by atoms with E-state index in [1.165, 1.54) is 24.9 Å². The van der Waals surface area contributed by atoms with Crippen molar-refractivity contribution in [2.45, 2.75) is 13.0 Å². The van der Waals surface area contributed by atoms with Crippen LogP contribution >= 0.6 is 11.8 Å². The van der Waals surface area contributed by atoms with Gasteiger partial charge in [0.25, 0.3) is 5.69 Å². The number of nitro benzene ring substituents is 1. The number of nitrogens with one attached hydrogen (secondary N) is 1. The maximum atomic E-state index is 12.5. The Hall–Kier alpha value is -2.39. The van der Waals surface area contributed by atoms with E-state index >= 15 is 0 Å². The van der Waals surface area contributed by atoms with Gasteiger partial charge >= 0.3 is 5.97 Å². The van der Waals surface area contributed by atoms with Crippen molar-refractivity contribution in [3.8, 4) is 0 Å². The van der Waals surface area contributed by atoms with Crippen molar-refractivity contribution >= 4 is 28.6 Å². The molecule has 1 N–H and O–H groups in total. The summed E-state index contributed by atoms with van der Waals surface area (Å²) in [6, 6.07) is 5.46. The van der Waals surface area contributed by atoms with Gasteiger partial charge in [0.15, 0.2) is 5.17 Å². The number of allylic oxidation sites excluding steroid dienone is 1. The monoisotopic (exact) mass is 365 g/mol. The largest absolute Gasteiger partial charge is 0.460 e. The van der Waals surface area contributed by atoms with Gasteiger partial charge in [-0.25, -0.2) is 9.79 Å². The molecule has 1 aromatic carbocycles. The van der Waals surface area contributed by atoms with Crippen LogP contribution in [0.5, 0.6) is 0 Å². The third-order valence-corrected chi connectivity index (χ3v) is 4.17. The number of para-hydroxylation sites is 1. The summed E-state index contributed by atoms with van der Waals surface area (Å²) in [6.07, 6.45) is 1.83. The van der Waals surface area contributed by atoms with E-state index in [4.69, 9.17) is 9.47 Å². The van der Waals surface area contributed by atoms with Crippen LogP contribution in [0.1, 0.15) is 18.5 Å². The molecule has 0 fully saturated rings. The Kier molecular flexibility index (Phi) is 6.54. The second kappa shape index (κ2) is 8.63. The first-order valence-electron chi connectivity index (χ1n) is 7.48. The zero-order chi connectivity index (χ0) is 18.4. The quantitative estimate of drug-likeness (QED) is 0.357. The van der Waals surface area contributed by atoms with E-state index in [1.807, 2.05) is 6.26 Å². The van der Waals surface area contributed by atoms with Gasteiger partial charge in [-0.05, 0) is 19.2 Å². The summed E-state index contributed by atoms with van der Waals surface area (Å²) in [5.41, 5.74) is 1.07. The fraction of sp³-hybridized carbons (Fsp3) is 0.375. The standard InChI is InChI=1S/C16H19N3O5S/c1-10-13(15(20)24-9-8-23-2)14(18-16(17-10)25-3)11-6-4-5-7-12(11)19(21)22/h4-7,14H,8-9H2,1-3H3,(H,17,18). The van der Waals surface area contributed by atoms with Gasteiger partial charge in [0.05, 0.1) is 22.7 Å². The molecule has 8 nitrogen and oxygen atoms in total. The molecule has 0 saturated heterocycles. The number of hydrogen-bond donors (Lipinski definition) is 1. The highest BCUT2D eigenvalue weighted by Gasteiger charge is 2.34. The number of ether oxygens (including phenoxy) is 2. The summed E-state index contributed by atoms with van der Waals surface area (Å²) >= 11 is 1.36. The third-order valence-electron chi connectivity index (χ3n) is 3.58. The Bertz CT molecular complexity index is 732. The molecule has 1 atom stereocenters. The van der Waals surface area contributed by atoms with Crippen LogP contribution in [0.3, 0.4) is 0 Å². The summed E-state index contributed by atoms with van der Waals surface area (Å²) < 4.78 is 10.1. The van der Waals surface area contributed by atoms with Crippen molar-refractivity contribution in [2.24, 2.45) is 4.99 Å². The van der Waals surface area contributed by atoms with E-state index in [0.717, 1.165) is 0 Å². The number of carbonyl (C=O) groups excluding carboxylic acids is 1. The van der Waals surface area contributed by atoms with E-state index in [0.29, 0.717) is 16.4 Å². The Morgan fingerprint density at radius 3 is 2.76 bits per heavy atom. The molecule has 0 saturated carbocycles. The Balaban J connectivity index is 2.46. The Labute approximate surface area is 149 Å². The molecule has 1 heterocycles. The first-order valence-corrected chi connectivity index (χ1v) is 8.71. The van der Waals surface area contributed by atoms with Crippen molar-refractivity contribution in [1.82, 2.24) is 5.32 Å². The van der Waals surface area contributed by atoms with Crippen molar-refractivity contribution in [1.29, 1.82) is 0 Å². The van der Waals surface area contributed by atoms with Gasteiger partial charge in [-0.15, -0.1) is 0 Å². The maximum absolute atomic E-state index is 12.5. The van der Waals surface area contributed by atoms with Gasteiger partial charge < -0.3 is 14.8 Å². The first-order chi connectivity index (χ1) is 12.0. The molecule has 134 valence electrons. The number of esters is 1. The minimum atomic E-state index is -0.805. The molecule has 1 aliphatic rings. The van der Waals surface area contributed by atoms with Gasteiger partial charge in [0, 0.05) is 18.9 Å². The zero-order valence-electron chi connectivity index (χ0n) is 14.1. The van der Waals surface area contributed by atoms with Crippen molar-refractivity contribution < 1.29 is 19.2 Å². The number of rotatable bonds is 6. The van der Waals surface area contributed by atoms with E-state index in [-0.39, 0.29) is 24.5 Å². The molecule has 0 bridgehead atoms. The smallest absolute Gasteiger partial charge is 0.338 e. The van der Waals surface area contributed by atoms with E-state index in [9.17, 15) is 14.9 Å². The lowest BCUT2D eigenvalue weighted by Crippen LogP contribution is -2.30. The van der Waals surface area contributed by atoms with E-state index < -0.39 is 16.9 Å². The minimum Gasteiger partial charge on any atom is -0.460 e. The van der Waals surface area contributed by atoms with Gasteiger partial charge in [-0.1, -0.05) is 23.9 Å². The average Bonchev–Trinajstić information content (AvgIpc) is 2.60. The number of aliphatic imine (C=N–C) groups is 1. The van der Waals surface area contributed by atoms with Gasteiger partial charge in [0.2, 0.25) is 0 Å². The molecule has 0 radical (unpaired) electrons. The van der Waals surface area contributed by atoms with Gasteiger partial charge in [0.1, 0.15) is 12.6 Å². The summed E-state index contributed by atoms with van der Waals surface area (Å²) in [4.78, 5) is 27.9. The normalized spacial score (nSPS) is 16.9. The third kappa shape index (κ3) is 4.37. The topological polar surface area (TPSA) is 103 Å². The molecule has 1 unspecified atom stereocenters. The highest BCUT2D eigenvalue weighted by atomic mass is 32.2. The molecule has 0 amide bonds. The number of hydrogen-bond acceptors (Lipinski definition) is 8. The molecule has 25 heavy (non-hydrogen) atoms. The highest BCUT2D eigenvalue weighted by Crippen LogP contribution is 2.37. The number of thioether (sulfide) groups is 1. The molecule has 9 heteroatoms. The Morgan fingerprint density at radius 1 is 1.40 bits per heavy atom. The molecular weight excluding hydrogens is 346 g/mol. The van der Waals surface area contributed by atoms with Crippen LogP contribution in [-0.4, -0.2) is 42.6 Å². The predicted octanol–water partition coefficient (Wildman–Crippen LogP) is 2.42. The fourth-order valence-corrected chi connectivity index (χ4v) is 2.89. The second-order valence-corrected chi connectivity index (χ2v) is 5.94. The van der Waals surface area contributed by atoms with Crippen LogP contribution in [-0.2, 0) is 14.3 Å². The minimum absolute atomic E-state index is 0.0893. The zero-order valence-corrected chi connectivity index (χ0v) is 15.0. The lowest BCUT2D eigenvalue weighted by Gasteiger charge is -2.25. The van der Waals surface area contributed by atoms with Crippen molar-refractivity contribution in [3.63, 3.8) is 0 Å². The van der Waals surface area contributed by atoms with Gasteiger partial charge in [-0.3, -0.25) is 10.1 Å². The molecule has 0 spiro atoms. The molecule has 0 aromatic heterocycles. The fourth-order valence-electron chi connectivity index (χ4n) is 2.42. The lowest BCUT2D eigenvalue weighted by atomic mass is 9.95. The van der Waals surface area contributed by atoms with Crippen LogP contribution in [0.4, 0.5) is 5.69 Å². The summed E-state index contributed by atoms with van der Waals surface area (Å²) in [7, 11) is 1.51. The molecule has 1 aromatic rings. The molecule has 0 aliphatic carbocycles. The predicted molar refractivity (Wildman–Crippen MR) is 95.5 cm³/mol.